The number of benzene rings is 2. The summed E-state index contributed by atoms with van der Waals surface area (Å²) in [4.78, 5) is 26.7. The van der Waals surface area contributed by atoms with E-state index >= 15 is 0 Å². The van der Waals surface area contributed by atoms with Crippen LogP contribution in [0.1, 0.15) is 29.6 Å². The van der Waals surface area contributed by atoms with Gasteiger partial charge in [0.1, 0.15) is 5.75 Å². The molecule has 10 nitrogen and oxygen atoms in total. The van der Waals surface area contributed by atoms with Crippen molar-refractivity contribution in [2.45, 2.75) is 30.3 Å². The molecule has 0 saturated carbocycles. The van der Waals surface area contributed by atoms with Gasteiger partial charge >= 0.3 is 11.9 Å². The molecule has 190 valence electrons. The van der Waals surface area contributed by atoms with E-state index in [0.717, 1.165) is 45.7 Å². The number of rotatable bonds is 12. The zero-order valence-corrected chi connectivity index (χ0v) is 20.2. The summed E-state index contributed by atoms with van der Waals surface area (Å²) < 4.78 is 42.5. The molecular formula is C24H31N3O7S. The largest absolute Gasteiger partial charge is 0.494 e. The lowest BCUT2D eigenvalue weighted by molar-refractivity contribution is -0.138. The smallest absolute Gasteiger partial charge is 0.345 e. The normalized spacial score (nSPS) is 15.3. The van der Waals surface area contributed by atoms with Crippen LogP contribution >= 0.6 is 0 Å². The Labute approximate surface area is 205 Å². The van der Waals surface area contributed by atoms with Gasteiger partial charge in [0.15, 0.2) is 0 Å². The summed E-state index contributed by atoms with van der Waals surface area (Å²) in [5.74, 6) is -1.19. The maximum absolute atomic E-state index is 12.3. The van der Waals surface area contributed by atoms with Crippen LogP contribution in [0.25, 0.3) is 0 Å². The lowest BCUT2D eigenvalue weighted by atomic mass is 10.2. The van der Waals surface area contributed by atoms with E-state index in [1.165, 1.54) is 24.3 Å². The Balaban J connectivity index is 1.37. The van der Waals surface area contributed by atoms with E-state index in [-0.39, 0.29) is 10.5 Å². The average molecular weight is 506 g/mol. The van der Waals surface area contributed by atoms with E-state index in [2.05, 4.69) is 9.62 Å². The number of nitrogens with zero attached hydrogens (tertiary/aromatic N) is 1. The molecule has 0 aromatic heterocycles. The highest BCUT2D eigenvalue weighted by Crippen LogP contribution is 2.14. The molecular weight excluding hydrogens is 474 g/mol. The summed E-state index contributed by atoms with van der Waals surface area (Å²) >= 11 is 0. The van der Waals surface area contributed by atoms with Gasteiger partial charge in [-0.15, -0.1) is 0 Å². The van der Waals surface area contributed by atoms with Crippen molar-refractivity contribution in [2.24, 2.45) is 5.73 Å². The molecule has 2 aromatic carbocycles. The predicted octanol–water partition coefficient (Wildman–Crippen LogP) is 1.51. The fourth-order valence-electron chi connectivity index (χ4n) is 3.43. The number of sulfonamides is 1. The topological polar surface area (TPSA) is 137 Å². The number of nitrogens with one attached hydrogen (secondary N) is 1. The fourth-order valence-corrected chi connectivity index (χ4v) is 4.57. The molecule has 0 spiro atoms. The van der Waals surface area contributed by atoms with Crippen LogP contribution in [0.3, 0.4) is 0 Å². The second-order valence-electron chi connectivity index (χ2n) is 8.04. The maximum Gasteiger partial charge on any atom is 0.345 e. The van der Waals surface area contributed by atoms with Gasteiger partial charge in [-0.25, -0.2) is 13.2 Å². The summed E-state index contributed by atoms with van der Waals surface area (Å²) in [6, 6.07) is 13.9. The zero-order valence-electron chi connectivity index (χ0n) is 19.4. The van der Waals surface area contributed by atoms with Gasteiger partial charge in [-0.05, 0) is 55.8 Å². The highest BCUT2D eigenvalue weighted by atomic mass is 32.2. The Morgan fingerprint density at radius 2 is 1.71 bits per heavy atom. The first-order valence-corrected chi connectivity index (χ1v) is 12.9. The van der Waals surface area contributed by atoms with Crippen LogP contribution in [-0.2, 0) is 24.3 Å². The molecule has 1 aliphatic heterocycles. The molecule has 1 atom stereocenters. The highest BCUT2D eigenvalue weighted by Gasteiger charge is 2.21. The Bertz CT molecular complexity index is 1060. The lowest BCUT2D eigenvalue weighted by Crippen LogP contribution is -2.43. The molecule has 1 fully saturated rings. The quantitative estimate of drug-likeness (QED) is 0.190. The Hall–Kier alpha value is -2.83. The first-order valence-electron chi connectivity index (χ1n) is 11.4. The van der Waals surface area contributed by atoms with E-state index in [1.807, 2.05) is 0 Å². The number of hydrogen-bond acceptors (Lipinski definition) is 9. The van der Waals surface area contributed by atoms with Gasteiger partial charge in [-0.1, -0.05) is 18.2 Å². The lowest BCUT2D eigenvalue weighted by Gasteiger charge is -2.26. The summed E-state index contributed by atoms with van der Waals surface area (Å²) in [6.07, 6.45) is 0.170. The van der Waals surface area contributed by atoms with Gasteiger partial charge in [0.2, 0.25) is 10.0 Å². The summed E-state index contributed by atoms with van der Waals surface area (Å²) in [5, 5.41) is 0. The Morgan fingerprint density at radius 1 is 1.03 bits per heavy atom. The maximum atomic E-state index is 12.3. The van der Waals surface area contributed by atoms with Crippen molar-refractivity contribution in [2.75, 3.05) is 39.5 Å². The van der Waals surface area contributed by atoms with Gasteiger partial charge in [-0.3, -0.25) is 9.69 Å². The summed E-state index contributed by atoms with van der Waals surface area (Å²) in [7, 11) is -3.90. The van der Waals surface area contributed by atoms with Gasteiger partial charge < -0.3 is 19.9 Å². The number of carbonyl (C=O) groups excluding carboxylic acids is 2. The molecule has 2 aromatic rings. The van der Waals surface area contributed by atoms with E-state index in [4.69, 9.17) is 19.9 Å². The van der Waals surface area contributed by atoms with Gasteiger partial charge in [0.25, 0.3) is 0 Å². The molecule has 1 aliphatic rings. The number of carbonyl (C=O) groups is 2. The Kier molecular flexibility index (Phi) is 10.2. The third-order valence-corrected chi connectivity index (χ3v) is 6.79. The SMILES string of the molecule is N[C@H](CC(=O)OC(=O)c1ccc(OCCCCN2CCOCC2)cc1)NS(=O)(=O)c1ccccc1. The van der Waals surface area contributed by atoms with Gasteiger partial charge in [0.05, 0.1) is 42.9 Å². The van der Waals surface area contributed by atoms with Crippen LogP contribution in [0, 0.1) is 0 Å². The minimum atomic E-state index is -3.90. The van der Waals surface area contributed by atoms with Crippen molar-refractivity contribution in [3.05, 3.63) is 60.2 Å². The number of nitrogens with two attached hydrogens (primary N) is 1. The number of esters is 2. The molecule has 0 bridgehead atoms. The van der Waals surface area contributed by atoms with Gasteiger partial charge in [-0.2, -0.15) is 4.72 Å². The van der Waals surface area contributed by atoms with Crippen molar-refractivity contribution in [3.8, 4) is 5.75 Å². The molecule has 3 rings (SSSR count). The third-order valence-electron chi connectivity index (χ3n) is 5.28. The summed E-state index contributed by atoms with van der Waals surface area (Å²) in [6.45, 7) is 5.09. The van der Waals surface area contributed by atoms with E-state index in [1.54, 1.807) is 30.3 Å². The second-order valence-corrected chi connectivity index (χ2v) is 9.75. The average Bonchev–Trinajstić information content (AvgIpc) is 2.85. The highest BCUT2D eigenvalue weighted by molar-refractivity contribution is 7.89. The fraction of sp³-hybridized carbons (Fsp3) is 0.417. The van der Waals surface area contributed by atoms with Crippen LogP contribution in [0.15, 0.2) is 59.5 Å². The number of unbranched alkanes of at least 4 members (excludes halogenated alkanes) is 1. The Morgan fingerprint density at radius 3 is 2.40 bits per heavy atom. The first kappa shape index (κ1) is 26.8. The minimum absolute atomic E-state index is 0.0132. The van der Waals surface area contributed by atoms with Crippen LogP contribution in [0.2, 0.25) is 0 Å². The van der Waals surface area contributed by atoms with Gasteiger partial charge in [0, 0.05) is 13.1 Å². The first-order chi connectivity index (χ1) is 16.8. The van der Waals surface area contributed by atoms with Crippen LogP contribution in [0.4, 0.5) is 0 Å². The zero-order chi connectivity index (χ0) is 25.1. The van der Waals surface area contributed by atoms with E-state index in [0.29, 0.717) is 12.4 Å². The van der Waals surface area contributed by atoms with Crippen molar-refractivity contribution in [1.29, 1.82) is 0 Å². The number of ether oxygens (including phenoxy) is 3. The molecule has 0 amide bonds. The minimum Gasteiger partial charge on any atom is -0.494 e. The van der Waals surface area contributed by atoms with E-state index < -0.39 is 34.5 Å². The molecule has 1 saturated heterocycles. The van der Waals surface area contributed by atoms with Crippen molar-refractivity contribution in [1.82, 2.24) is 9.62 Å². The monoisotopic (exact) mass is 505 g/mol. The molecule has 0 radical (unpaired) electrons. The standard InChI is InChI=1S/C24H31N3O7S/c25-22(26-35(30,31)21-6-2-1-3-7-21)18-23(28)34-24(29)19-8-10-20(11-9-19)33-15-5-4-12-27-13-16-32-17-14-27/h1-3,6-11,22,26H,4-5,12-18,25H2/t22-/m0/s1. The molecule has 1 heterocycles. The van der Waals surface area contributed by atoms with Crippen molar-refractivity contribution >= 4 is 22.0 Å². The van der Waals surface area contributed by atoms with Crippen molar-refractivity contribution < 1.29 is 32.2 Å². The molecule has 0 aliphatic carbocycles. The molecule has 0 unspecified atom stereocenters. The third kappa shape index (κ3) is 9.04. The van der Waals surface area contributed by atoms with Crippen LogP contribution < -0.4 is 15.2 Å². The van der Waals surface area contributed by atoms with Crippen molar-refractivity contribution in [3.63, 3.8) is 0 Å². The molecule has 3 N–H and O–H groups in total. The number of hydrogen-bond donors (Lipinski definition) is 2. The predicted molar refractivity (Wildman–Crippen MR) is 128 cm³/mol. The second kappa shape index (κ2) is 13.3. The number of morpholine rings is 1. The molecule has 11 heteroatoms. The van der Waals surface area contributed by atoms with Crippen LogP contribution in [-0.4, -0.2) is 70.9 Å². The summed E-state index contributed by atoms with van der Waals surface area (Å²) in [5.41, 5.74) is 5.88. The van der Waals surface area contributed by atoms with E-state index in [9.17, 15) is 18.0 Å². The van der Waals surface area contributed by atoms with Crippen LogP contribution in [0.5, 0.6) is 5.75 Å². The molecule has 35 heavy (non-hydrogen) atoms.